The fourth-order valence-electron chi connectivity index (χ4n) is 1.91. The second-order valence-corrected chi connectivity index (χ2v) is 4.04. The molecular formula is C11H14F3N3. The number of aromatic nitrogens is 1. The van der Waals surface area contributed by atoms with Crippen LogP contribution in [0.25, 0.3) is 0 Å². The highest BCUT2D eigenvalue weighted by molar-refractivity contribution is 5.55. The van der Waals surface area contributed by atoms with Crippen molar-refractivity contribution < 1.29 is 13.2 Å². The Balaban J connectivity index is 2.38. The number of rotatable bonds is 2. The zero-order chi connectivity index (χ0) is 12.5. The molecule has 1 fully saturated rings. The molecule has 2 rings (SSSR count). The van der Waals surface area contributed by atoms with E-state index >= 15 is 0 Å². The first-order valence-corrected chi connectivity index (χ1v) is 5.52. The van der Waals surface area contributed by atoms with Gasteiger partial charge in [0.1, 0.15) is 11.5 Å². The van der Waals surface area contributed by atoms with Crippen molar-refractivity contribution in [3.8, 4) is 0 Å². The average molecular weight is 245 g/mol. The summed E-state index contributed by atoms with van der Waals surface area (Å²) in [6.45, 7) is 1.55. The maximum atomic E-state index is 12.7. The number of pyridine rings is 1. The predicted molar refractivity (Wildman–Crippen MR) is 60.2 cm³/mol. The topological polar surface area (TPSA) is 28.2 Å². The van der Waals surface area contributed by atoms with Gasteiger partial charge in [-0.05, 0) is 18.9 Å². The van der Waals surface area contributed by atoms with Crippen molar-refractivity contribution in [1.29, 1.82) is 0 Å². The molecule has 0 atom stereocenters. The number of alkyl halides is 3. The van der Waals surface area contributed by atoms with Crippen LogP contribution in [-0.4, -0.2) is 25.1 Å². The lowest BCUT2D eigenvalue weighted by Gasteiger charge is -2.19. The Labute approximate surface area is 97.6 Å². The lowest BCUT2D eigenvalue weighted by atomic mass is 10.3. The average Bonchev–Trinajstić information content (AvgIpc) is 2.80. The van der Waals surface area contributed by atoms with Crippen LogP contribution in [0.1, 0.15) is 18.5 Å². The van der Waals surface area contributed by atoms with Gasteiger partial charge >= 0.3 is 6.18 Å². The summed E-state index contributed by atoms with van der Waals surface area (Å²) >= 11 is 0. The van der Waals surface area contributed by atoms with Gasteiger partial charge in [-0.25, -0.2) is 4.98 Å². The van der Waals surface area contributed by atoms with Crippen molar-refractivity contribution in [1.82, 2.24) is 4.98 Å². The molecule has 0 aliphatic carbocycles. The number of nitrogens with one attached hydrogen (secondary N) is 1. The number of halogens is 3. The third kappa shape index (κ3) is 2.62. The maximum Gasteiger partial charge on any atom is 0.433 e. The molecule has 1 saturated heterocycles. The predicted octanol–water partition coefficient (Wildman–Crippen LogP) is 2.74. The third-order valence-corrected chi connectivity index (χ3v) is 2.82. The highest BCUT2D eigenvalue weighted by Gasteiger charge is 2.33. The van der Waals surface area contributed by atoms with Crippen LogP contribution in [0.5, 0.6) is 0 Å². The summed E-state index contributed by atoms with van der Waals surface area (Å²) in [6, 6.07) is 2.68. The second-order valence-electron chi connectivity index (χ2n) is 4.04. The van der Waals surface area contributed by atoms with Gasteiger partial charge in [0, 0.05) is 31.9 Å². The summed E-state index contributed by atoms with van der Waals surface area (Å²) in [7, 11) is 1.60. The molecule has 1 aromatic rings. The Morgan fingerprint density at radius 1 is 1.24 bits per heavy atom. The molecule has 2 heterocycles. The molecule has 17 heavy (non-hydrogen) atoms. The van der Waals surface area contributed by atoms with E-state index in [2.05, 4.69) is 10.3 Å². The largest absolute Gasteiger partial charge is 0.433 e. The van der Waals surface area contributed by atoms with E-state index in [-0.39, 0.29) is 0 Å². The van der Waals surface area contributed by atoms with E-state index in [1.165, 1.54) is 0 Å². The van der Waals surface area contributed by atoms with Gasteiger partial charge in [-0.2, -0.15) is 13.2 Å². The minimum atomic E-state index is -4.40. The Hall–Kier alpha value is -1.46. The fourth-order valence-corrected chi connectivity index (χ4v) is 1.91. The van der Waals surface area contributed by atoms with Crippen molar-refractivity contribution in [2.24, 2.45) is 0 Å². The summed E-state index contributed by atoms with van der Waals surface area (Å²) in [6.07, 6.45) is -2.39. The first-order chi connectivity index (χ1) is 8.00. The SMILES string of the molecule is CNc1cc(N2CCCC2)nc(C(F)(F)F)c1. The normalized spacial score (nSPS) is 16.4. The molecule has 1 aromatic heterocycles. The number of anilines is 2. The molecule has 6 heteroatoms. The van der Waals surface area contributed by atoms with Crippen LogP contribution in [0, 0.1) is 0 Å². The van der Waals surface area contributed by atoms with Gasteiger partial charge in [-0.3, -0.25) is 0 Å². The monoisotopic (exact) mass is 245 g/mol. The lowest BCUT2D eigenvalue weighted by Crippen LogP contribution is -2.21. The van der Waals surface area contributed by atoms with Gasteiger partial charge in [0.2, 0.25) is 0 Å². The minimum Gasteiger partial charge on any atom is -0.388 e. The summed E-state index contributed by atoms with van der Waals surface area (Å²) in [5, 5.41) is 2.74. The zero-order valence-electron chi connectivity index (χ0n) is 9.51. The molecule has 0 saturated carbocycles. The van der Waals surface area contributed by atoms with E-state index in [0.717, 1.165) is 32.0 Å². The van der Waals surface area contributed by atoms with Gasteiger partial charge in [0.05, 0.1) is 0 Å². The van der Waals surface area contributed by atoms with Crippen molar-refractivity contribution >= 4 is 11.5 Å². The van der Waals surface area contributed by atoms with Crippen LogP contribution in [0.2, 0.25) is 0 Å². The van der Waals surface area contributed by atoms with Gasteiger partial charge in [0.15, 0.2) is 0 Å². The Bertz CT molecular complexity index is 397. The first-order valence-electron chi connectivity index (χ1n) is 5.52. The second kappa shape index (κ2) is 4.43. The Morgan fingerprint density at radius 2 is 1.88 bits per heavy atom. The fraction of sp³-hybridized carbons (Fsp3) is 0.545. The number of nitrogens with zero attached hydrogens (tertiary/aromatic N) is 2. The molecule has 0 radical (unpaired) electrons. The molecule has 94 valence electrons. The Morgan fingerprint density at radius 3 is 2.41 bits per heavy atom. The number of hydrogen-bond donors (Lipinski definition) is 1. The van der Waals surface area contributed by atoms with E-state index in [1.807, 2.05) is 4.90 Å². The van der Waals surface area contributed by atoms with Crippen molar-refractivity contribution in [3.05, 3.63) is 17.8 Å². The third-order valence-electron chi connectivity index (χ3n) is 2.82. The molecule has 0 bridgehead atoms. The maximum absolute atomic E-state index is 12.7. The van der Waals surface area contributed by atoms with Crippen molar-refractivity contribution in [3.63, 3.8) is 0 Å². The summed E-state index contributed by atoms with van der Waals surface area (Å²) in [4.78, 5) is 5.58. The van der Waals surface area contributed by atoms with Gasteiger partial charge in [-0.1, -0.05) is 0 Å². The standard InChI is InChI=1S/C11H14F3N3/c1-15-8-6-9(11(12,13)14)16-10(7-8)17-4-2-3-5-17/h6-7H,2-5H2,1H3,(H,15,16). The zero-order valence-corrected chi connectivity index (χ0v) is 9.51. The van der Waals surface area contributed by atoms with Gasteiger partial charge in [-0.15, -0.1) is 0 Å². The quantitative estimate of drug-likeness (QED) is 0.868. The molecular weight excluding hydrogens is 231 g/mol. The van der Waals surface area contributed by atoms with Crippen LogP contribution < -0.4 is 10.2 Å². The minimum absolute atomic E-state index is 0.404. The van der Waals surface area contributed by atoms with E-state index in [1.54, 1.807) is 13.1 Å². The van der Waals surface area contributed by atoms with Gasteiger partial charge in [0.25, 0.3) is 0 Å². The molecule has 0 aromatic carbocycles. The molecule has 0 spiro atoms. The molecule has 1 N–H and O–H groups in total. The Kier molecular flexibility index (Phi) is 3.13. The lowest BCUT2D eigenvalue weighted by molar-refractivity contribution is -0.141. The first kappa shape index (κ1) is 12.0. The van der Waals surface area contributed by atoms with E-state index in [9.17, 15) is 13.2 Å². The summed E-state index contributed by atoms with van der Waals surface area (Å²) in [5.41, 5.74) is -0.402. The van der Waals surface area contributed by atoms with E-state index < -0.39 is 11.9 Å². The molecule has 0 amide bonds. The van der Waals surface area contributed by atoms with Gasteiger partial charge < -0.3 is 10.2 Å². The van der Waals surface area contributed by atoms with Crippen LogP contribution >= 0.6 is 0 Å². The van der Waals surface area contributed by atoms with E-state index in [0.29, 0.717) is 11.5 Å². The van der Waals surface area contributed by atoms with E-state index in [4.69, 9.17) is 0 Å². The van der Waals surface area contributed by atoms with Crippen LogP contribution in [0.4, 0.5) is 24.7 Å². The number of hydrogen-bond acceptors (Lipinski definition) is 3. The molecule has 3 nitrogen and oxygen atoms in total. The highest BCUT2D eigenvalue weighted by Crippen LogP contribution is 2.32. The van der Waals surface area contributed by atoms with Crippen LogP contribution in [0.15, 0.2) is 12.1 Å². The molecule has 1 aliphatic heterocycles. The van der Waals surface area contributed by atoms with Crippen LogP contribution in [0.3, 0.4) is 0 Å². The van der Waals surface area contributed by atoms with Crippen LogP contribution in [-0.2, 0) is 6.18 Å². The molecule has 1 aliphatic rings. The highest BCUT2D eigenvalue weighted by atomic mass is 19.4. The molecule has 0 unspecified atom stereocenters. The van der Waals surface area contributed by atoms with Crippen molar-refractivity contribution in [2.75, 3.05) is 30.4 Å². The summed E-state index contributed by atoms with van der Waals surface area (Å²) in [5.74, 6) is 0.404. The smallest absolute Gasteiger partial charge is 0.388 e. The summed E-state index contributed by atoms with van der Waals surface area (Å²) < 4.78 is 38.0. The van der Waals surface area contributed by atoms with Crippen molar-refractivity contribution in [2.45, 2.75) is 19.0 Å².